The van der Waals surface area contributed by atoms with Crippen molar-refractivity contribution in [3.05, 3.63) is 17.5 Å². The molecule has 5 nitrogen and oxygen atoms in total. The highest BCUT2D eigenvalue weighted by Gasteiger charge is 2.24. The molecule has 0 bridgehead atoms. The Bertz CT molecular complexity index is 497. The van der Waals surface area contributed by atoms with Gasteiger partial charge >= 0.3 is 0 Å². The normalized spacial score (nSPS) is 13.5. The van der Waals surface area contributed by atoms with E-state index >= 15 is 0 Å². The van der Waals surface area contributed by atoms with Crippen LogP contribution >= 0.6 is 11.3 Å². The lowest BCUT2D eigenvalue weighted by molar-refractivity contribution is -0.121. The topological polar surface area (TPSA) is 66.5 Å². The highest BCUT2D eigenvalue weighted by atomic mass is 32.2. The van der Waals surface area contributed by atoms with E-state index in [1.807, 2.05) is 13.8 Å². The second kappa shape index (κ2) is 7.02. The number of amides is 1. The molecule has 1 aromatic heterocycles. The molecule has 0 aliphatic heterocycles. The molecule has 0 aliphatic carbocycles. The molecule has 0 saturated carbocycles. The van der Waals surface area contributed by atoms with Crippen molar-refractivity contribution in [2.45, 2.75) is 36.9 Å². The zero-order valence-electron chi connectivity index (χ0n) is 11.4. The summed E-state index contributed by atoms with van der Waals surface area (Å²) in [5.74, 6) is -0.274. The Morgan fingerprint density at radius 2 is 2.21 bits per heavy atom. The van der Waals surface area contributed by atoms with Gasteiger partial charge in [0.15, 0.2) is 0 Å². The van der Waals surface area contributed by atoms with Crippen molar-refractivity contribution < 1.29 is 13.2 Å². The quantitative estimate of drug-likeness (QED) is 0.833. The minimum atomic E-state index is -3.55. The van der Waals surface area contributed by atoms with E-state index in [-0.39, 0.29) is 22.7 Å². The standard InChI is InChI=1S/C12H20N2O3S2/c1-4-6-10(2)13-11(15)9-14(3)19(16,17)12-7-5-8-18-12/h5,7-8,10H,4,6,9H2,1-3H3,(H,13,15). The van der Waals surface area contributed by atoms with Gasteiger partial charge in [-0.25, -0.2) is 8.42 Å². The maximum atomic E-state index is 12.1. The number of thiophene rings is 1. The predicted molar refractivity (Wildman–Crippen MR) is 76.6 cm³/mol. The summed E-state index contributed by atoms with van der Waals surface area (Å²) in [7, 11) is -2.13. The first-order valence-electron chi connectivity index (χ1n) is 6.17. The van der Waals surface area contributed by atoms with E-state index < -0.39 is 10.0 Å². The monoisotopic (exact) mass is 304 g/mol. The largest absolute Gasteiger partial charge is 0.353 e. The number of hydrogen-bond donors (Lipinski definition) is 1. The Morgan fingerprint density at radius 3 is 2.74 bits per heavy atom. The summed E-state index contributed by atoms with van der Waals surface area (Å²) in [6, 6.07) is 3.28. The van der Waals surface area contributed by atoms with Crippen molar-refractivity contribution in [2.75, 3.05) is 13.6 Å². The van der Waals surface area contributed by atoms with Crippen LogP contribution in [0.25, 0.3) is 0 Å². The Labute approximate surface area is 118 Å². The van der Waals surface area contributed by atoms with Crippen molar-refractivity contribution in [3.8, 4) is 0 Å². The van der Waals surface area contributed by atoms with Gasteiger partial charge in [0.05, 0.1) is 6.54 Å². The molecule has 0 saturated heterocycles. The van der Waals surface area contributed by atoms with Crippen LogP contribution in [0.4, 0.5) is 0 Å². The van der Waals surface area contributed by atoms with Crippen LogP contribution in [-0.4, -0.2) is 38.3 Å². The minimum Gasteiger partial charge on any atom is -0.353 e. The molecule has 1 N–H and O–H groups in total. The third kappa shape index (κ3) is 4.59. The van der Waals surface area contributed by atoms with E-state index in [2.05, 4.69) is 5.32 Å². The van der Waals surface area contributed by atoms with Crippen molar-refractivity contribution in [1.82, 2.24) is 9.62 Å². The van der Waals surface area contributed by atoms with E-state index in [1.165, 1.54) is 13.1 Å². The Kier molecular flexibility index (Phi) is 5.96. The molecule has 19 heavy (non-hydrogen) atoms. The van der Waals surface area contributed by atoms with Gasteiger partial charge in [-0.1, -0.05) is 19.4 Å². The summed E-state index contributed by atoms with van der Waals surface area (Å²) in [6.07, 6.45) is 1.86. The molecular weight excluding hydrogens is 284 g/mol. The SMILES string of the molecule is CCCC(C)NC(=O)CN(C)S(=O)(=O)c1cccs1. The third-order valence-electron chi connectivity index (χ3n) is 2.65. The summed E-state index contributed by atoms with van der Waals surface area (Å²) in [6.45, 7) is 3.79. The summed E-state index contributed by atoms with van der Waals surface area (Å²) >= 11 is 1.15. The Morgan fingerprint density at radius 1 is 1.53 bits per heavy atom. The lowest BCUT2D eigenvalue weighted by Crippen LogP contribution is -2.41. The number of sulfonamides is 1. The van der Waals surface area contributed by atoms with E-state index in [9.17, 15) is 13.2 Å². The summed E-state index contributed by atoms with van der Waals surface area (Å²) in [5.41, 5.74) is 0. The summed E-state index contributed by atoms with van der Waals surface area (Å²) in [4.78, 5) is 11.7. The average molecular weight is 304 g/mol. The molecular formula is C12H20N2O3S2. The maximum Gasteiger partial charge on any atom is 0.252 e. The van der Waals surface area contributed by atoms with Crippen LogP contribution < -0.4 is 5.32 Å². The second-order valence-electron chi connectivity index (χ2n) is 4.45. The van der Waals surface area contributed by atoms with Crippen LogP contribution in [0.3, 0.4) is 0 Å². The molecule has 1 atom stereocenters. The van der Waals surface area contributed by atoms with Crippen LogP contribution in [0.2, 0.25) is 0 Å². The van der Waals surface area contributed by atoms with Crippen LogP contribution in [-0.2, 0) is 14.8 Å². The van der Waals surface area contributed by atoms with Gasteiger partial charge in [-0.15, -0.1) is 11.3 Å². The summed E-state index contributed by atoms with van der Waals surface area (Å²) < 4.78 is 25.5. The number of nitrogens with zero attached hydrogens (tertiary/aromatic N) is 1. The van der Waals surface area contributed by atoms with Gasteiger partial charge < -0.3 is 5.32 Å². The highest BCUT2D eigenvalue weighted by Crippen LogP contribution is 2.19. The fourth-order valence-corrected chi connectivity index (χ4v) is 4.00. The van der Waals surface area contributed by atoms with Crippen molar-refractivity contribution in [1.29, 1.82) is 0 Å². The molecule has 0 fully saturated rings. The molecule has 1 heterocycles. The van der Waals surface area contributed by atoms with Crippen molar-refractivity contribution in [3.63, 3.8) is 0 Å². The maximum absolute atomic E-state index is 12.1. The number of nitrogens with one attached hydrogen (secondary N) is 1. The molecule has 1 aromatic rings. The zero-order valence-corrected chi connectivity index (χ0v) is 13.1. The minimum absolute atomic E-state index is 0.0651. The lowest BCUT2D eigenvalue weighted by atomic mass is 10.2. The van der Waals surface area contributed by atoms with Crippen LogP contribution in [0.1, 0.15) is 26.7 Å². The number of carbonyl (C=O) groups excluding carboxylic acids is 1. The molecule has 0 spiro atoms. The van der Waals surface area contributed by atoms with Gasteiger partial charge in [0.1, 0.15) is 4.21 Å². The average Bonchev–Trinajstić information content (AvgIpc) is 2.82. The van der Waals surface area contributed by atoms with Crippen LogP contribution in [0.5, 0.6) is 0 Å². The smallest absolute Gasteiger partial charge is 0.252 e. The Hall–Kier alpha value is -0.920. The highest BCUT2D eigenvalue weighted by molar-refractivity contribution is 7.91. The van der Waals surface area contributed by atoms with E-state index in [1.54, 1.807) is 11.4 Å². The van der Waals surface area contributed by atoms with Gasteiger partial charge in [-0.2, -0.15) is 4.31 Å². The van der Waals surface area contributed by atoms with Gasteiger partial charge in [-0.05, 0) is 24.8 Å². The molecule has 1 unspecified atom stereocenters. The number of hydrogen-bond acceptors (Lipinski definition) is 4. The lowest BCUT2D eigenvalue weighted by Gasteiger charge is -2.18. The Balaban J connectivity index is 2.60. The first-order chi connectivity index (χ1) is 8.87. The van der Waals surface area contributed by atoms with E-state index in [4.69, 9.17) is 0 Å². The molecule has 1 rings (SSSR count). The second-order valence-corrected chi connectivity index (χ2v) is 7.67. The number of rotatable bonds is 7. The molecule has 1 amide bonds. The first-order valence-corrected chi connectivity index (χ1v) is 8.49. The summed E-state index contributed by atoms with van der Waals surface area (Å²) in [5, 5.41) is 4.49. The van der Waals surface area contributed by atoms with Gasteiger partial charge in [0, 0.05) is 13.1 Å². The number of carbonyl (C=O) groups is 1. The fourth-order valence-electron chi connectivity index (χ4n) is 1.68. The van der Waals surface area contributed by atoms with E-state index in [0.29, 0.717) is 0 Å². The van der Waals surface area contributed by atoms with Crippen molar-refractivity contribution >= 4 is 27.3 Å². The van der Waals surface area contributed by atoms with Crippen molar-refractivity contribution in [2.24, 2.45) is 0 Å². The van der Waals surface area contributed by atoms with Gasteiger partial charge in [-0.3, -0.25) is 4.79 Å². The first kappa shape index (κ1) is 16.1. The molecule has 7 heteroatoms. The van der Waals surface area contributed by atoms with Gasteiger partial charge in [0.25, 0.3) is 10.0 Å². The third-order valence-corrected chi connectivity index (χ3v) is 5.83. The fraction of sp³-hybridized carbons (Fsp3) is 0.583. The van der Waals surface area contributed by atoms with Crippen LogP contribution in [0, 0.1) is 0 Å². The van der Waals surface area contributed by atoms with E-state index in [0.717, 1.165) is 28.5 Å². The zero-order chi connectivity index (χ0) is 14.5. The number of likely N-dealkylation sites (N-methyl/N-ethyl adjacent to an activating group) is 1. The molecule has 0 aliphatic rings. The molecule has 0 aromatic carbocycles. The van der Waals surface area contributed by atoms with Gasteiger partial charge in [0.2, 0.25) is 5.91 Å². The molecule has 0 radical (unpaired) electrons. The van der Waals surface area contributed by atoms with Crippen LogP contribution in [0.15, 0.2) is 21.7 Å². The predicted octanol–water partition coefficient (Wildman–Crippen LogP) is 1.67. The molecule has 108 valence electrons.